The van der Waals surface area contributed by atoms with Crippen LogP contribution >= 0.6 is 0 Å². The number of carbonyl (C=O) groups excluding carboxylic acids is 2. The van der Waals surface area contributed by atoms with E-state index in [1.54, 1.807) is 29.8 Å². The Labute approximate surface area is 211 Å². The van der Waals surface area contributed by atoms with Gasteiger partial charge in [-0.3, -0.25) is 9.59 Å². The highest BCUT2D eigenvalue weighted by molar-refractivity contribution is 6.04. The third kappa shape index (κ3) is 4.60. The molecule has 188 valence electrons. The van der Waals surface area contributed by atoms with Crippen molar-refractivity contribution < 1.29 is 22.8 Å². The molecule has 5 rings (SSSR count). The fraction of sp³-hybridized carbons (Fsp3) is 0.179. The van der Waals surface area contributed by atoms with Crippen LogP contribution in [0.3, 0.4) is 0 Å². The normalized spacial score (nSPS) is 17.2. The van der Waals surface area contributed by atoms with Crippen molar-refractivity contribution in [3.8, 4) is 5.69 Å². The Morgan fingerprint density at radius 3 is 2.32 bits per heavy atom. The molecule has 0 saturated heterocycles. The van der Waals surface area contributed by atoms with Crippen molar-refractivity contribution in [1.29, 1.82) is 0 Å². The van der Waals surface area contributed by atoms with Crippen molar-refractivity contribution in [3.05, 3.63) is 112 Å². The summed E-state index contributed by atoms with van der Waals surface area (Å²) >= 11 is 0. The Morgan fingerprint density at radius 2 is 1.68 bits per heavy atom. The van der Waals surface area contributed by atoms with E-state index in [4.69, 9.17) is 0 Å². The minimum absolute atomic E-state index is 0.376. The Hall–Kier alpha value is -4.40. The topological polar surface area (TPSA) is 76.0 Å². The zero-order chi connectivity index (χ0) is 26.3. The van der Waals surface area contributed by atoms with E-state index in [0.29, 0.717) is 33.9 Å². The van der Waals surface area contributed by atoms with Gasteiger partial charge < -0.3 is 10.6 Å². The Kier molecular flexibility index (Phi) is 6.07. The van der Waals surface area contributed by atoms with Gasteiger partial charge in [-0.05, 0) is 55.8 Å². The molecule has 0 bridgehead atoms. The zero-order valence-electron chi connectivity index (χ0n) is 20.0. The molecule has 0 saturated carbocycles. The number of nitrogens with zero attached hydrogens (tertiary/aromatic N) is 2. The van der Waals surface area contributed by atoms with Gasteiger partial charge in [0.15, 0.2) is 0 Å². The summed E-state index contributed by atoms with van der Waals surface area (Å²) in [4.78, 5) is 26.6. The first kappa shape index (κ1) is 24.3. The molecule has 2 heterocycles. The quantitative estimate of drug-likeness (QED) is 0.391. The first-order valence-electron chi connectivity index (χ1n) is 11.6. The molecule has 2 atom stereocenters. The Balaban J connectivity index is 1.62. The first-order valence-corrected chi connectivity index (χ1v) is 11.6. The molecule has 3 aromatic carbocycles. The summed E-state index contributed by atoms with van der Waals surface area (Å²) in [5.74, 6) is -1.30. The van der Waals surface area contributed by atoms with Gasteiger partial charge in [0.1, 0.15) is 11.9 Å². The molecule has 0 spiro atoms. The summed E-state index contributed by atoms with van der Waals surface area (Å²) in [7, 11) is 0. The van der Waals surface area contributed by atoms with E-state index >= 15 is 0 Å². The molecular formula is C28H23F3N4O2. The van der Waals surface area contributed by atoms with E-state index in [2.05, 4.69) is 15.7 Å². The predicted molar refractivity (Wildman–Crippen MR) is 133 cm³/mol. The zero-order valence-corrected chi connectivity index (χ0v) is 20.0. The molecule has 1 aromatic heterocycles. The standard InChI is InChI=1S/C28H23F3N4O2/c1-16-7-6-8-19(15-16)26(36)32-24-23(18-11-13-20(14-12-18)28(29,30)31)22-17(2)34-35(25(22)33-27(24)37)21-9-4-3-5-10-21/h3-15,23-24H,1-2H3,(H,32,36)(H,33,37)/t23-,24+/m1/s1. The number of anilines is 1. The number of aryl methyl sites for hydroxylation is 2. The number of benzene rings is 3. The van der Waals surface area contributed by atoms with Crippen LogP contribution in [0.5, 0.6) is 0 Å². The fourth-order valence-electron chi connectivity index (χ4n) is 4.70. The summed E-state index contributed by atoms with van der Waals surface area (Å²) in [5, 5.41) is 10.3. The number of amides is 2. The molecule has 2 N–H and O–H groups in total. The van der Waals surface area contributed by atoms with E-state index in [0.717, 1.165) is 17.7 Å². The van der Waals surface area contributed by atoms with Crippen LogP contribution in [0, 0.1) is 13.8 Å². The molecule has 0 fully saturated rings. The molecule has 37 heavy (non-hydrogen) atoms. The number of nitrogens with one attached hydrogen (secondary N) is 2. The van der Waals surface area contributed by atoms with Gasteiger partial charge >= 0.3 is 6.18 Å². The van der Waals surface area contributed by atoms with Crippen LogP contribution in [0.15, 0.2) is 78.9 Å². The average Bonchev–Trinajstić information content (AvgIpc) is 3.20. The predicted octanol–water partition coefficient (Wildman–Crippen LogP) is 5.39. The van der Waals surface area contributed by atoms with Gasteiger partial charge in [-0.25, -0.2) is 4.68 Å². The third-order valence-corrected chi connectivity index (χ3v) is 6.44. The van der Waals surface area contributed by atoms with Crippen LogP contribution in [0.1, 0.15) is 44.2 Å². The summed E-state index contributed by atoms with van der Waals surface area (Å²) in [6, 6.07) is 19.7. The molecule has 0 unspecified atom stereocenters. The smallest absolute Gasteiger partial charge is 0.339 e. The maximum atomic E-state index is 13.4. The van der Waals surface area contributed by atoms with Gasteiger partial charge in [-0.1, -0.05) is 48.0 Å². The van der Waals surface area contributed by atoms with E-state index < -0.39 is 35.5 Å². The van der Waals surface area contributed by atoms with Crippen molar-refractivity contribution in [2.24, 2.45) is 0 Å². The average molecular weight is 505 g/mol. The number of fused-ring (bicyclic) bond motifs is 1. The Bertz CT molecular complexity index is 1480. The van der Waals surface area contributed by atoms with E-state index in [9.17, 15) is 22.8 Å². The minimum atomic E-state index is -4.50. The van der Waals surface area contributed by atoms with E-state index in [1.807, 2.05) is 43.3 Å². The number of aromatic nitrogens is 2. The van der Waals surface area contributed by atoms with Crippen LogP contribution in [0.2, 0.25) is 0 Å². The lowest BCUT2D eigenvalue weighted by molar-refractivity contribution is -0.137. The number of hydrogen-bond acceptors (Lipinski definition) is 3. The van der Waals surface area contributed by atoms with Gasteiger partial charge in [0.05, 0.1) is 16.9 Å². The highest BCUT2D eigenvalue weighted by Gasteiger charge is 2.42. The maximum absolute atomic E-state index is 13.4. The van der Waals surface area contributed by atoms with Crippen molar-refractivity contribution in [3.63, 3.8) is 0 Å². The summed E-state index contributed by atoms with van der Waals surface area (Å²) < 4.78 is 41.4. The van der Waals surface area contributed by atoms with Crippen LogP contribution in [0.25, 0.3) is 5.69 Å². The lowest BCUT2D eigenvalue weighted by Gasteiger charge is -2.33. The van der Waals surface area contributed by atoms with Crippen molar-refractivity contribution >= 4 is 17.6 Å². The van der Waals surface area contributed by atoms with Crippen LogP contribution < -0.4 is 10.6 Å². The second-order valence-corrected chi connectivity index (χ2v) is 9.00. The molecule has 6 nitrogen and oxygen atoms in total. The van der Waals surface area contributed by atoms with Crippen LogP contribution in [-0.4, -0.2) is 27.6 Å². The second-order valence-electron chi connectivity index (χ2n) is 9.00. The minimum Gasteiger partial charge on any atom is -0.339 e. The molecule has 1 aliphatic heterocycles. The Morgan fingerprint density at radius 1 is 0.973 bits per heavy atom. The lowest BCUT2D eigenvalue weighted by Crippen LogP contribution is -2.50. The number of hydrogen-bond donors (Lipinski definition) is 2. The van der Waals surface area contributed by atoms with Gasteiger partial charge in [-0.15, -0.1) is 0 Å². The van der Waals surface area contributed by atoms with E-state index in [-0.39, 0.29) is 0 Å². The number of para-hydroxylation sites is 1. The second kappa shape index (κ2) is 9.24. The third-order valence-electron chi connectivity index (χ3n) is 6.44. The molecule has 9 heteroatoms. The molecule has 4 aromatic rings. The van der Waals surface area contributed by atoms with E-state index in [1.165, 1.54) is 12.1 Å². The number of rotatable bonds is 4. The first-order chi connectivity index (χ1) is 17.6. The molecule has 0 aliphatic carbocycles. The maximum Gasteiger partial charge on any atom is 0.416 e. The highest BCUT2D eigenvalue weighted by atomic mass is 19.4. The molecular weight excluding hydrogens is 481 g/mol. The largest absolute Gasteiger partial charge is 0.416 e. The van der Waals surface area contributed by atoms with Crippen molar-refractivity contribution in [2.75, 3.05) is 5.32 Å². The molecule has 1 aliphatic rings. The van der Waals surface area contributed by atoms with Crippen LogP contribution in [-0.2, 0) is 11.0 Å². The van der Waals surface area contributed by atoms with Gasteiger partial charge in [-0.2, -0.15) is 18.3 Å². The van der Waals surface area contributed by atoms with Gasteiger partial charge in [0, 0.05) is 17.0 Å². The molecule has 0 radical (unpaired) electrons. The molecule has 2 amide bonds. The SMILES string of the molecule is Cc1cccc(C(=O)N[C@@H]2C(=O)Nc3c(c(C)nn3-c3ccccc3)[C@H]2c2ccc(C(F)(F)F)cc2)c1. The van der Waals surface area contributed by atoms with Gasteiger partial charge in [0.2, 0.25) is 5.91 Å². The number of halogens is 3. The number of carbonyl (C=O) groups is 2. The fourth-order valence-corrected chi connectivity index (χ4v) is 4.70. The van der Waals surface area contributed by atoms with Crippen LogP contribution in [0.4, 0.5) is 19.0 Å². The summed E-state index contributed by atoms with van der Waals surface area (Å²) in [6.45, 7) is 3.62. The lowest BCUT2D eigenvalue weighted by atomic mass is 9.81. The van der Waals surface area contributed by atoms with Crippen molar-refractivity contribution in [1.82, 2.24) is 15.1 Å². The number of alkyl halides is 3. The van der Waals surface area contributed by atoms with Crippen molar-refractivity contribution in [2.45, 2.75) is 32.0 Å². The van der Waals surface area contributed by atoms with Gasteiger partial charge in [0.25, 0.3) is 5.91 Å². The highest BCUT2D eigenvalue weighted by Crippen LogP contribution is 2.41. The monoisotopic (exact) mass is 504 g/mol. The summed E-state index contributed by atoms with van der Waals surface area (Å²) in [6.07, 6.45) is -4.50. The summed E-state index contributed by atoms with van der Waals surface area (Å²) in [5.41, 5.74) is 2.82.